The molecule has 0 bridgehead atoms. The summed E-state index contributed by atoms with van der Waals surface area (Å²) < 4.78 is 0. The van der Waals surface area contributed by atoms with Gasteiger partial charge in [-0.05, 0) is 42.2 Å². The molecule has 2 rings (SSSR count). The van der Waals surface area contributed by atoms with Gasteiger partial charge in [-0.1, -0.05) is 50.3 Å². The van der Waals surface area contributed by atoms with E-state index in [1.54, 1.807) is 0 Å². The summed E-state index contributed by atoms with van der Waals surface area (Å²) in [6, 6.07) is 9.22. The quantitative estimate of drug-likeness (QED) is 0.610. The minimum atomic E-state index is 0.644. The lowest BCUT2D eigenvalue weighted by Crippen LogP contribution is -2.01. The van der Waals surface area contributed by atoms with Crippen LogP contribution in [-0.2, 0) is 0 Å². The van der Waals surface area contributed by atoms with Crippen LogP contribution in [-0.4, -0.2) is 0 Å². The fourth-order valence-corrected chi connectivity index (χ4v) is 2.25. The highest BCUT2D eigenvalue weighted by Crippen LogP contribution is 2.29. The Bertz CT molecular complexity index is 330. The fraction of sp³-hybridized carbons (Fsp3) is 0.467. The lowest BCUT2D eigenvalue weighted by atomic mass is 9.87. The second kappa shape index (κ2) is 4.65. The first-order chi connectivity index (χ1) is 7.27. The molecule has 0 heteroatoms. The van der Waals surface area contributed by atoms with E-state index in [0.29, 0.717) is 5.92 Å². The summed E-state index contributed by atoms with van der Waals surface area (Å²) in [6.07, 6.45) is 8.42. The van der Waals surface area contributed by atoms with Gasteiger partial charge in [-0.25, -0.2) is 0 Å². The Morgan fingerprint density at radius 1 is 1.07 bits per heavy atom. The van der Waals surface area contributed by atoms with Crippen LogP contribution in [0.15, 0.2) is 36.4 Å². The molecule has 0 aliphatic heterocycles. The van der Waals surface area contributed by atoms with Crippen molar-refractivity contribution in [3.63, 3.8) is 0 Å². The maximum Gasteiger partial charge on any atom is -0.0124 e. The molecule has 1 aliphatic carbocycles. The molecule has 1 aromatic carbocycles. The summed E-state index contributed by atoms with van der Waals surface area (Å²) in [5, 5.41) is 0. The third-order valence-electron chi connectivity index (χ3n) is 3.34. The fourth-order valence-electron chi connectivity index (χ4n) is 2.25. The third kappa shape index (κ3) is 2.50. The summed E-state index contributed by atoms with van der Waals surface area (Å²) >= 11 is 0. The predicted molar refractivity (Wildman–Crippen MR) is 66.3 cm³/mol. The molecule has 1 aliphatic rings. The van der Waals surface area contributed by atoms with E-state index in [4.69, 9.17) is 0 Å². The molecule has 0 saturated heterocycles. The first-order valence-corrected chi connectivity index (χ1v) is 6.02. The third-order valence-corrected chi connectivity index (χ3v) is 3.34. The molecule has 0 nitrogen and oxygen atoms in total. The van der Waals surface area contributed by atoms with Gasteiger partial charge in [0.25, 0.3) is 0 Å². The van der Waals surface area contributed by atoms with E-state index in [-0.39, 0.29) is 0 Å². The Morgan fingerprint density at radius 3 is 2.33 bits per heavy atom. The molecule has 0 fully saturated rings. The van der Waals surface area contributed by atoms with Crippen molar-refractivity contribution in [1.82, 2.24) is 0 Å². The highest BCUT2D eigenvalue weighted by Gasteiger charge is 2.12. The topological polar surface area (TPSA) is 0 Å². The van der Waals surface area contributed by atoms with Crippen molar-refractivity contribution in [1.29, 1.82) is 0 Å². The van der Waals surface area contributed by atoms with Crippen LogP contribution in [0.25, 0.3) is 0 Å². The van der Waals surface area contributed by atoms with Gasteiger partial charge >= 0.3 is 0 Å². The smallest absolute Gasteiger partial charge is 0.0124 e. The van der Waals surface area contributed by atoms with Gasteiger partial charge in [0.05, 0.1) is 0 Å². The molecule has 0 N–H and O–H groups in total. The maximum absolute atomic E-state index is 2.32. The molecule has 15 heavy (non-hydrogen) atoms. The molecule has 0 heterocycles. The van der Waals surface area contributed by atoms with E-state index >= 15 is 0 Å². The van der Waals surface area contributed by atoms with Crippen molar-refractivity contribution in [3.8, 4) is 0 Å². The molecule has 0 aromatic heterocycles. The van der Waals surface area contributed by atoms with Crippen molar-refractivity contribution < 1.29 is 0 Å². The zero-order chi connectivity index (χ0) is 10.7. The molecule has 0 spiro atoms. The van der Waals surface area contributed by atoms with Gasteiger partial charge in [0.1, 0.15) is 0 Å². The van der Waals surface area contributed by atoms with Crippen molar-refractivity contribution in [2.24, 2.45) is 0 Å². The van der Waals surface area contributed by atoms with E-state index in [9.17, 15) is 0 Å². The predicted octanol–water partition coefficient (Wildman–Crippen LogP) is 4.63. The van der Waals surface area contributed by atoms with Gasteiger partial charge in [0, 0.05) is 0 Å². The number of rotatable bonds is 2. The number of benzene rings is 1. The largest absolute Gasteiger partial charge is 0.0885 e. The molecule has 0 radical (unpaired) electrons. The van der Waals surface area contributed by atoms with Gasteiger partial charge in [0.15, 0.2) is 0 Å². The van der Waals surface area contributed by atoms with Crippen molar-refractivity contribution in [2.75, 3.05) is 0 Å². The number of hydrogen-bond acceptors (Lipinski definition) is 0. The summed E-state index contributed by atoms with van der Waals surface area (Å²) in [5.74, 6) is 1.40. The molecule has 0 saturated carbocycles. The Hall–Kier alpha value is -1.04. The zero-order valence-electron chi connectivity index (χ0n) is 9.74. The van der Waals surface area contributed by atoms with E-state index < -0.39 is 0 Å². The monoisotopic (exact) mass is 200 g/mol. The SMILES string of the molecule is CC(C)c1ccc(C2CC=CCC2)cc1. The van der Waals surface area contributed by atoms with Crippen LogP contribution in [0.4, 0.5) is 0 Å². The molecular formula is C15H20. The second-order valence-electron chi connectivity index (χ2n) is 4.80. The molecule has 1 unspecified atom stereocenters. The Morgan fingerprint density at radius 2 is 1.80 bits per heavy atom. The van der Waals surface area contributed by atoms with Gasteiger partial charge in [-0.2, -0.15) is 0 Å². The van der Waals surface area contributed by atoms with E-state index in [1.165, 1.54) is 30.4 Å². The van der Waals surface area contributed by atoms with Crippen LogP contribution in [0.3, 0.4) is 0 Å². The van der Waals surface area contributed by atoms with Crippen molar-refractivity contribution in [3.05, 3.63) is 47.5 Å². The molecule has 80 valence electrons. The van der Waals surface area contributed by atoms with Gasteiger partial charge in [0.2, 0.25) is 0 Å². The molecule has 1 aromatic rings. The lowest BCUT2D eigenvalue weighted by molar-refractivity contribution is 0.616. The van der Waals surface area contributed by atoms with Crippen LogP contribution in [0.1, 0.15) is 56.1 Å². The van der Waals surface area contributed by atoms with Crippen LogP contribution in [0.5, 0.6) is 0 Å². The highest BCUT2D eigenvalue weighted by atomic mass is 14.2. The average molecular weight is 200 g/mol. The zero-order valence-corrected chi connectivity index (χ0v) is 9.74. The highest BCUT2D eigenvalue weighted by molar-refractivity contribution is 5.28. The Balaban J connectivity index is 2.12. The summed E-state index contributed by atoms with van der Waals surface area (Å²) in [4.78, 5) is 0. The van der Waals surface area contributed by atoms with Gasteiger partial charge in [-0.15, -0.1) is 0 Å². The minimum Gasteiger partial charge on any atom is -0.0885 e. The normalized spacial score (nSPS) is 20.9. The summed E-state index contributed by atoms with van der Waals surface area (Å²) in [5.41, 5.74) is 2.97. The van der Waals surface area contributed by atoms with E-state index in [2.05, 4.69) is 50.3 Å². The Labute approximate surface area is 93.0 Å². The molecule has 1 atom stereocenters. The van der Waals surface area contributed by atoms with Gasteiger partial charge < -0.3 is 0 Å². The number of allylic oxidation sites excluding steroid dienone is 2. The first-order valence-electron chi connectivity index (χ1n) is 6.02. The van der Waals surface area contributed by atoms with Crippen molar-refractivity contribution in [2.45, 2.75) is 44.9 Å². The van der Waals surface area contributed by atoms with Crippen LogP contribution >= 0.6 is 0 Å². The summed E-state index contributed by atoms with van der Waals surface area (Å²) in [6.45, 7) is 4.50. The number of hydrogen-bond donors (Lipinski definition) is 0. The molecule has 0 amide bonds. The van der Waals surface area contributed by atoms with Crippen LogP contribution < -0.4 is 0 Å². The summed E-state index contributed by atoms with van der Waals surface area (Å²) in [7, 11) is 0. The lowest BCUT2D eigenvalue weighted by Gasteiger charge is -2.18. The first kappa shape index (κ1) is 10.5. The Kier molecular flexibility index (Phi) is 3.25. The minimum absolute atomic E-state index is 0.644. The van der Waals surface area contributed by atoms with E-state index in [0.717, 1.165) is 5.92 Å². The standard InChI is InChI=1S/C15H20/c1-12(2)13-8-10-15(11-9-13)14-6-4-3-5-7-14/h3-4,8-12,14H,5-7H2,1-2H3. The van der Waals surface area contributed by atoms with Gasteiger partial charge in [-0.3, -0.25) is 0 Å². The maximum atomic E-state index is 2.32. The van der Waals surface area contributed by atoms with Crippen molar-refractivity contribution >= 4 is 0 Å². The second-order valence-corrected chi connectivity index (χ2v) is 4.80. The van der Waals surface area contributed by atoms with Crippen LogP contribution in [0, 0.1) is 0 Å². The van der Waals surface area contributed by atoms with Crippen LogP contribution in [0.2, 0.25) is 0 Å². The van der Waals surface area contributed by atoms with E-state index in [1.807, 2.05) is 0 Å². The average Bonchev–Trinajstić information content (AvgIpc) is 2.30. The molecular weight excluding hydrogens is 180 g/mol.